The van der Waals surface area contributed by atoms with Crippen molar-refractivity contribution in [2.45, 2.75) is 31.7 Å². The lowest BCUT2D eigenvalue weighted by atomic mass is 9.98. The van der Waals surface area contributed by atoms with E-state index in [-0.39, 0.29) is 29.7 Å². The van der Waals surface area contributed by atoms with Gasteiger partial charge in [-0.3, -0.25) is 9.59 Å². The fourth-order valence-electron chi connectivity index (χ4n) is 2.59. The number of benzene rings is 1. The van der Waals surface area contributed by atoms with Crippen molar-refractivity contribution in [3.05, 3.63) is 29.6 Å². The van der Waals surface area contributed by atoms with Crippen LogP contribution in [-0.2, 0) is 9.53 Å². The predicted octanol–water partition coefficient (Wildman–Crippen LogP) is 2.09. The minimum atomic E-state index is -0.762. The summed E-state index contributed by atoms with van der Waals surface area (Å²) >= 11 is 0. The summed E-state index contributed by atoms with van der Waals surface area (Å²) in [5.41, 5.74) is -0.0930. The molecule has 1 saturated heterocycles. The number of esters is 1. The number of rotatable bonds is 3. The van der Waals surface area contributed by atoms with E-state index < -0.39 is 11.7 Å². The topological polar surface area (TPSA) is 66.8 Å². The van der Waals surface area contributed by atoms with Gasteiger partial charge in [-0.2, -0.15) is 0 Å². The van der Waals surface area contributed by atoms with E-state index in [4.69, 9.17) is 0 Å². The third-order valence-corrected chi connectivity index (χ3v) is 3.70. The van der Waals surface area contributed by atoms with Crippen LogP contribution in [0.4, 0.5) is 4.39 Å². The number of methoxy groups -OCH3 is 1. The van der Waals surface area contributed by atoms with Crippen LogP contribution in [0.5, 0.6) is 5.75 Å². The second-order valence-electron chi connectivity index (χ2n) is 5.09. The number of hydrogen-bond acceptors (Lipinski definition) is 4. The Labute approximate surface area is 122 Å². The SMILES string of the molecule is COC(=O)CC1CCCCN1C(=O)c1ccc(O)cc1F. The molecule has 0 saturated carbocycles. The van der Waals surface area contributed by atoms with Crippen LogP contribution < -0.4 is 0 Å². The van der Waals surface area contributed by atoms with E-state index >= 15 is 0 Å². The molecule has 1 N–H and O–H groups in total. The second-order valence-corrected chi connectivity index (χ2v) is 5.09. The first-order valence-corrected chi connectivity index (χ1v) is 6.89. The van der Waals surface area contributed by atoms with Gasteiger partial charge in [-0.15, -0.1) is 0 Å². The molecule has 0 aromatic heterocycles. The maximum atomic E-state index is 13.8. The average Bonchev–Trinajstić information content (AvgIpc) is 2.47. The Hall–Kier alpha value is -2.11. The van der Waals surface area contributed by atoms with Crippen LogP contribution in [0.2, 0.25) is 0 Å². The van der Waals surface area contributed by atoms with E-state index in [0.717, 1.165) is 18.9 Å². The molecule has 5 nitrogen and oxygen atoms in total. The van der Waals surface area contributed by atoms with Crippen LogP contribution in [0.3, 0.4) is 0 Å². The molecule has 1 unspecified atom stereocenters. The Kier molecular flexibility index (Phi) is 4.77. The zero-order chi connectivity index (χ0) is 15.4. The number of carbonyl (C=O) groups excluding carboxylic acids is 2. The molecular weight excluding hydrogens is 277 g/mol. The highest BCUT2D eigenvalue weighted by Gasteiger charge is 2.30. The normalized spacial score (nSPS) is 18.4. The Morgan fingerprint density at radius 3 is 2.86 bits per heavy atom. The fourth-order valence-corrected chi connectivity index (χ4v) is 2.59. The number of hydrogen-bond donors (Lipinski definition) is 1. The van der Waals surface area contributed by atoms with Crippen LogP contribution in [0, 0.1) is 5.82 Å². The van der Waals surface area contributed by atoms with Crippen LogP contribution in [0.1, 0.15) is 36.0 Å². The summed E-state index contributed by atoms with van der Waals surface area (Å²) in [7, 11) is 1.30. The van der Waals surface area contributed by atoms with Crippen molar-refractivity contribution < 1.29 is 23.8 Å². The van der Waals surface area contributed by atoms with Gasteiger partial charge >= 0.3 is 5.97 Å². The van der Waals surface area contributed by atoms with Gasteiger partial charge in [-0.1, -0.05) is 0 Å². The summed E-state index contributed by atoms with van der Waals surface area (Å²) < 4.78 is 18.5. The van der Waals surface area contributed by atoms with Crippen LogP contribution in [0.15, 0.2) is 18.2 Å². The Bertz CT molecular complexity index is 546. The number of halogens is 1. The van der Waals surface area contributed by atoms with Gasteiger partial charge in [0, 0.05) is 18.7 Å². The number of likely N-dealkylation sites (tertiary alicyclic amines) is 1. The molecule has 1 atom stereocenters. The molecule has 0 radical (unpaired) electrons. The lowest BCUT2D eigenvalue weighted by Gasteiger charge is -2.35. The molecule has 114 valence electrons. The van der Waals surface area contributed by atoms with Crippen LogP contribution in [-0.4, -0.2) is 41.6 Å². The van der Waals surface area contributed by atoms with Gasteiger partial charge in [0.25, 0.3) is 5.91 Å². The van der Waals surface area contributed by atoms with E-state index in [2.05, 4.69) is 4.74 Å². The van der Waals surface area contributed by atoms with Gasteiger partial charge in [0.15, 0.2) is 0 Å². The minimum Gasteiger partial charge on any atom is -0.508 e. The van der Waals surface area contributed by atoms with E-state index in [9.17, 15) is 19.1 Å². The summed E-state index contributed by atoms with van der Waals surface area (Å²) in [4.78, 5) is 25.4. The van der Waals surface area contributed by atoms with Crippen molar-refractivity contribution >= 4 is 11.9 Å². The Balaban J connectivity index is 2.20. The number of phenols is 1. The first-order chi connectivity index (χ1) is 10.0. The van der Waals surface area contributed by atoms with Crippen molar-refractivity contribution in [2.75, 3.05) is 13.7 Å². The third kappa shape index (κ3) is 3.51. The zero-order valence-electron chi connectivity index (χ0n) is 11.8. The van der Waals surface area contributed by atoms with Crippen LogP contribution >= 0.6 is 0 Å². The largest absolute Gasteiger partial charge is 0.508 e. The molecule has 1 aromatic carbocycles. The summed E-state index contributed by atoms with van der Waals surface area (Å²) in [6.07, 6.45) is 2.55. The average molecular weight is 295 g/mol. The number of piperidine rings is 1. The smallest absolute Gasteiger partial charge is 0.307 e. The summed E-state index contributed by atoms with van der Waals surface area (Å²) in [5.74, 6) is -1.83. The van der Waals surface area contributed by atoms with E-state index in [1.54, 1.807) is 0 Å². The maximum absolute atomic E-state index is 13.8. The molecule has 0 spiro atoms. The summed E-state index contributed by atoms with van der Waals surface area (Å²) in [6, 6.07) is 3.17. The molecular formula is C15H18FNO4. The molecule has 2 rings (SSSR count). The van der Waals surface area contributed by atoms with E-state index in [1.165, 1.54) is 24.1 Å². The molecule has 21 heavy (non-hydrogen) atoms. The van der Waals surface area contributed by atoms with Crippen molar-refractivity contribution in [1.82, 2.24) is 4.90 Å². The fraction of sp³-hybridized carbons (Fsp3) is 0.467. The molecule has 0 aliphatic carbocycles. The molecule has 6 heteroatoms. The standard InChI is InChI=1S/C15H18FNO4/c1-21-14(19)8-10-4-2-3-7-17(10)15(20)12-6-5-11(18)9-13(12)16/h5-6,9-10,18H,2-4,7-8H2,1H3. The highest BCUT2D eigenvalue weighted by molar-refractivity contribution is 5.95. The number of aromatic hydroxyl groups is 1. The van der Waals surface area contributed by atoms with Crippen molar-refractivity contribution in [2.24, 2.45) is 0 Å². The number of amides is 1. The van der Waals surface area contributed by atoms with Gasteiger partial charge < -0.3 is 14.7 Å². The lowest BCUT2D eigenvalue weighted by Crippen LogP contribution is -2.45. The first-order valence-electron chi connectivity index (χ1n) is 6.89. The number of phenolic OH excluding ortho intramolecular Hbond substituents is 1. The molecule has 1 heterocycles. The number of nitrogens with zero attached hydrogens (tertiary/aromatic N) is 1. The lowest BCUT2D eigenvalue weighted by molar-refractivity contribution is -0.142. The van der Waals surface area contributed by atoms with Crippen LogP contribution in [0.25, 0.3) is 0 Å². The minimum absolute atomic E-state index is 0.0930. The molecule has 1 aliphatic heterocycles. The van der Waals surface area contributed by atoms with E-state index in [1.807, 2.05) is 0 Å². The quantitative estimate of drug-likeness (QED) is 0.867. The molecule has 1 amide bonds. The van der Waals surface area contributed by atoms with Crippen molar-refractivity contribution in [3.63, 3.8) is 0 Å². The Morgan fingerprint density at radius 2 is 2.19 bits per heavy atom. The predicted molar refractivity (Wildman–Crippen MR) is 73.4 cm³/mol. The van der Waals surface area contributed by atoms with Gasteiger partial charge in [0.05, 0.1) is 19.1 Å². The zero-order valence-corrected chi connectivity index (χ0v) is 11.8. The van der Waals surface area contributed by atoms with Gasteiger partial charge in [0.1, 0.15) is 11.6 Å². The van der Waals surface area contributed by atoms with Crippen molar-refractivity contribution in [3.8, 4) is 5.75 Å². The third-order valence-electron chi connectivity index (χ3n) is 3.70. The van der Waals surface area contributed by atoms with E-state index in [0.29, 0.717) is 13.0 Å². The maximum Gasteiger partial charge on any atom is 0.307 e. The Morgan fingerprint density at radius 1 is 1.43 bits per heavy atom. The second kappa shape index (κ2) is 6.56. The van der Waals surface area contributed by atoms with Gasteiger partial charge in [0.2, 0.25) is 0 Å². The molecule has 1 aromatic rings. The van der Waals surface area contributed by atoms with Gasteiger partial charge in [-0.05, 0) is 31.4 Å². The van der Waals surface area contributed by atoms with Crippen molar-refractivity contribution in [1.29, 1.82) is 0 Å². The highest BCUT2D eigenvalue weighted by atomic mass is 19.1. The molecule has 1 aliphatic rings. The molecule has 0 bridgehead atoms. The number of ether oxygens (including phenoxy) is 1. The molecule has 1 fully saturated rings. The number of carbonyl (C=O) groups is 2. The van der Waals surface area contributed by atoms with Gasteiger partial charge in [-0.25, -0.2) is 4.39 Å². The highest BCUT2D eigenvalue weighted by Crippen LogP contribution is 2.24. The summed E-state index contributed by atoms with van der Waals surface area (Å²) in [5, 5.41) is 9.21. The first kappa shape index (κ1) is 15.3. The summed E-state index contributed by atoms with van der Waals surface area (Å²) in [6.45, 7) is 0.487. The monoisotopic (exact) mass is 295 g/mol.